The fourth-order valence-electron chi connectivity index (χ4n) is 2.72. The lowest BCUT2D eigenvalue weighted by atomic mass is 10.1. The summed E-state index contributed by atoms with van der Waals surface area (Å²) in [4.78, 5) is 28.8. The zero-order chi connectivity index (χ0) is 18.9. The Morgan fingerprint density at radius 3 is 2.50 bits per heavy atom. The standard InChI is InChI=1S/C18H15F3N2O3/c19-18(20,21)14-4-2-1-3-12(14)10-23(13-5-6-13)16(24)11-7-8-22-15(9-11)17(25)26/h1-4,7-9,13H,5-6,10H2,(H,25,26). The maximum atomic E-state index is 13.2. The molecule has 1 fully saturated rings. The third-order valence-corrected chi connectivity index (χ3v) is 4.14. The molecule has 1 saturated carbocycles. The van der Waals surface area contributed by atoms with Crippen LogP contribution in [0.15, 0.2) is 42.6 Å². The number of alkyl halides is 3. The van der Waals surface area contributed by atoms with Crippen molar-refractivity contribution in [3.05, 3.63) is 65.0 Å². The first-order chi connectivity index (χ1) is 12.3. The Labute approximate surface area is 147 Å². The zero-order valence-corrected chi connectivity index (χ0v) is 13.5. The molecular weight excluding hydrogens is 349 g/mol. The Bertz CT molecular complexity index is 848. The summed E-state index contributed by atoms with van der Waals surface area (Å²) in [6, 6.07) is 7.48. The summed E-state index contributed by atoms with van der Waals surface area (Å²) in [6.07, 6.45) is -1.90. The van der Waals surface area contributed by atoms with Crippen LogP contribution < -0.4 is 0 Å². The molecule has 5 nitrogen and oxygen atoms in total. The minimum absolute atomic E-state index is 0.00719. The van der Waals surface area contributed by atoms with Gasteiger partial charge in [-0.05, 0) is 36.6 Å². The van der Waals surface area contributed by atoms with Crippen molar-refractivity contribution in [3.63, 3.8) is 0 Å². The topological polar surface area (TPSA) is 70.5 Å². The van der Waals surface area contributed by atoms with Crippen molar-refractivity contribution in [1.82, 2.24) is 9.88 Å². The van der Waals surface area contributed by atoms with Crippen molar-refractivity contribution in [2.45, 2.75) is 31.6 Å². The molecule has 26 heavy (non-hydrogen) atoms. The number of pyridine rings is 1. The molecule has 3 rings (SSSR count). The molecule has 1 aromatic carbocycles. The van der Waals surface area contributed by atoms with Crippen molar-refractivity contribution in [2.75, 3.05) is 0 Å². The second kappa shape index (κ2) is 6.78. The second-order valence-electron chi connectivity index (χ2n) is 6.05. The highest BCUT2D eigenvalue weighted by Crippen LogP contribution is 2.35. The highest BCUT2D eigenvalue weighted by atomic mass is 19.4. The summed E-state index contributed by atoms with van der Waals surface area (Å²) in [7, 11) is 0. The summed E-state index contributed by atoms with van der Waals surface area (Å²) in [5.41, 5.74) is -0.969. The van der Waals surface area contributed by atoms with Gasteiger partial charge in [0.05, 0.1) is 5.56 Å². The van der Waals surface area contributed by atoms with Crippen LogP contribution >= 0.6 is 0 Å². The molecular formula is C18H15F3N2O3. The molecule has 136 valence electrons. The molecule has 0 saturated heterocycles. The lowest BCUT2D eigenvalue weighted by molar-refractivity contribution is -0.138. The fraction of sp³-hybridized carbons (Fsp3) is 0.278. The second-order valence-corrected chi connectivity index (χ2v) is 6.05. The third kappa shape index (κ3) is 3.84. The van der Waals surface area contributed by atoms with E-state index in [0.717, 1.165) is 12.1 Å². The molecule has 0 spiro atoms. The van der Waals surface area contributed by atoms with E-state index in [2.05, 4.69) is 4.98 Å². The predicted molar refractivity (Wildman–Crippen MR) is 85.5 cm³/mol. The maximum Gasteiger partial charge on any atom is 0.416 e. The fourth-order valence-corrected chi connectivity index (χ4v) is 2.72. The number of aromatic carboxylic acids is 1. The number of carbonyl (C=O) groups is 2. The molecule has 0 atom stereocenters. The van der Waals surface area contributed by atoms with Crippen LogP contribution in [0.2, 0.25) is 0 Å². The van der Waals surface area contributed by atoms with E-state index in [-0.39, 0.29) is 29.4 Å². The van der Waals surface area contributed by atoms with Gasteiger partial charge in [-0.15, -0.1) is 0 Å². The summed E-state index contributed by atoms with van der Waals surface area (Å²) < 4.78 is 39.6. The maximum absolute atomic E-state index is 13.2. The van der Waals surface area contributed by atoms with Crippen molar-refractivity contribution < 1.29 is 27.9 Å². The molecule has 0 unspecified atom stereocenters. The number of hydrogen-bond acceptors (Lipinski definition) is 3. The number of hydrogen-bond donors (Lipinski definition) is 1. The molecule has 2 aromatic rings. The Hall–Kier alpha value is -2.90. The molecule has 0 aliphatic heterocycles. The molecule has 1 aliphatic carbocycles. The average Bonchev–Trinajstić information content (AvgIpc) is 3.43. The SMILES string of the molecule is O=C(O)c1cc(C(=O)N(Cc2ccccc2C(F)(F)F)C2CC2)ccn1. The minimum atomic E-state index is -4.51. The lowest BCUT2D eigenvalue weighted by Crippen LogP contribution is -2.33. The third-order valence-electron chi connectivity index (χ3n) is 4.14. The first-order valence-corrected chi connectivity index (χ1v) is 7.93. The number of amides is 1. The molecule has 1 amide bonds. The number of rotatable bonds is 5. The van der Waals surface area contributed by atoms with Gasteiger partial charge in [0.2, 0.25) is 0 Å². The summed E-state index contributed by atoms with van der Waals surface area (Å²) in [5, 5.41) is 9.00. The van der Waals surface area contributed by atoms with Crippen LogP contribution in [-0.2, 0) is 12.7 Å². The predicted octanol–water partition coefficient (Wildman–Crippen LogP) is 3.60. The van der Waals surface area contributed by atoms with Crippen molar-refractivity contribution in [2.24, 2.45) is 0 Å². The van der Waals surface area contributed by atoms with E-state index in [0.29, 0.717) is 12.8 Å². The molecule has 1 heterocycles. The van der Waals surface area contributed by atoms with Gasteiger partial charge in [-0.1, -0.05) is 18.2 Å². The number of aromatic nitrogens is 1. The minimum Gasteiger partial charge on any atom is -0.477 e. The number of carboxylic acid groups (broad SMARTS) is 1. The van der Waals surface area contributed by atoms with Gasteiger partial charge in [0.1, 0.15) is 5.69 Å². The highest BCUT2D eigenvalue weighted by molar-refractivity contribution is 5.97. The smallest absolute Gasteiger partial charge is 0.416 e. The van der Waals surface area contributed by atoms with Crippen molar-refractivity contribution >= 4 is 11.9 Å². The first kappa shape index (κ1) is 17.9. The van der Waals surface area contributed by atoms with E-state index >= 15 is 0 Å². The molecule has 0 bridgehead atoms. The van der Waals surface area contributed by atoms with Gasteiger partial charge in [0, 0.05) is 24.3 Å². The van der Waals surface area contributed by atoms with E-state index in [1.165, 1.54) is 35.4 Å². The van der Waals surface area contributed by atoms with Crippen molar-refractivity contribution in [1.29, 1.82) is 0 Å². The number of benzene rings is 1. The highest BCUT2D eigenvalue weighted by Gasteiger charge is 2.37. The lowest BCUT2D eigenvalue weighted by Gasteiger charge is -2.24. The van der Waals surface area contributed by atoms with Crippen LogP contribution in [0.5, 0.6) is 0 Å². The van der Waals surface area contributed by atoms with Gasteiger partial charge >= 0.3 is 12.1 Å². The van der Waals surface area contributed by atoms with Crippen LogP contribution in [0.25, 0.3) is 0 Å². The van der Waals surface area contributed by atoms with Gasteiger partial charge < -0.3 is 10.0 Å². The van der Waals surface area contributed by atoms with Crippen LogP contribution in [0.4, 0.5) is 13.2 Å². The summed E-state index contributed by atoms with van der Waals surface area (Å²) in [5.74, 6) is -1.78. The monoisotopic (exact) mass is 364 g/mol. The number of halogens is 3. The molecule has 0 radical (unpaired) electrons. The van der Waals surface area contributed by atoms with Gasteiger partial charge in [-0.2, -0.15) is 13.2 Å². The molecule has 1 N–H and O–H groups in total. The van der Waals surface area contributed by atoms with Crippen LogP contribution in [0.3, 0.4) is 0 Å². The van der Waals surface area contributed by atoms with E-state index in [9.17, 15) is 22.8 Å². The Balaban J connectivity index is 1.91. The van der Waals surface area contributed by atoms with E-state index in [4.69, 9.17) is 5.11 Å². The van der Waals surface area contributed by atoms with E-state index in [1.807, 2.05) is 0 Å². The quantitative estimate of drug-likeness (QED) is 0.880. The normalized spacial score (nSPS) is 14.1. The number of carboxylic acids is 1. The van der Waals surface area contributed by atoms with Gasteiger partial charge in [-0.3, -0.25) is 4.79 Å². The van der Waals surface area contributed by atoms with Crippen molar-refractivity contribution in [3.8, 4) is 0 Å². The average molecular weight is 364 g/mol. The molecule has 8 heteroatoms. The van der Waals surface area contributed by atoms with Crippen LogP contribution in [-0.4, -0.2) is 32.9 Å². The van der Waals surface area contributed by atoms with Gasteiger partial charge in [-0.25, -0.2) is 9.78 Å². The van der Waals surface area contributed by atoms with E-state index in [1.54, 1.807) is 0 Å². The molecule has 1 aliphatic rings. The number of nitrogens with zero attached hydrogens (tertiary/aromatic N) is 2. The zero-order valence-electron chi connectivity index (χ0n) is 13.5. The van der Waals surface area contributed by atoms with Gasteiger partial charge in [0.15, 0.2) is 0 Å². The first-order valence-electron chi connectivity index (χ1n) is 7.93. The van der Waals surface area contributed by atoms with Crippen LogP contribution in [0.1, 0.15) is 44.8 Å². The molecule has 1 aromatic heterocycles. The summed E-state index contributed by atoms with van der Waals surface area (Å²) >= 11 is 0. The summed E-state index contributed by atoms with van der Waals surface area (Å²) in [6.45, 7) is -0.191. The Morgan fingerprint density at radius 1 is 1.19 bits per heavy atom. The largest absolute Gasteiger partial charge is 0.477 e. The van der Waals surface area contributed by atoms with Crippen LogP contribution in [0, 0.1) is 0 Å². The van der Waals surface area contributed by atoms with Gasteiger partial charge in [0.25, 0.3) is 5.91 Å². The van der Waals surface area contributed by atoms with E-state index < -0.39 is 23.6 Å². The Morgan fingerprint density at radius 2 is 1.88 bits per heavy atom. The Kier molecular flexibility index (Phi) is 4.67. The number of carbonyl (C=O) groups excluding carboxylic acids is 1.